The van der Waals surface area contributed by atoms with Crippen LogP contribution in [0.25, 0.3) is 71.6 Å². The predicted molar refractivity (Wildman–Crippen MR) is 229 cm³/mol. The zero-order chi connectivity index (χ0) is 35.8. The smallest absolute Gasteiger partial charge is 0.0547 e. The standard InChI is InChI=1S/C52H36N2/c1-4-14-37(15-5-1)38-24-26-39(27-25-38)40-28-32-44(33-29-40)53(49-22-12-10-20-46(49)41-16-6-2-7-17-41)45-34-30-42-31-35-51-52(48(42)36-45)47-21-11-13-23-50(47)54(51)43-18-8-3-9-19-43/h1-36H. The fourth-order valence-electron chi connectivity index (χ4n) is 8.02. The summed E-state index contributed by atoms with van der Waals surface area (Å²) in [6, 6.07) is 78.8. The van der Waals surface area contributed by atoms with Crippen LogP contribution in [0.1, 0.15) is 0 Å². The summed E-state index contributed by atoms with van der Waals surface area (Å²) in [5, 5.41) is 4.96. The van der Waals surface area contributed by atoms with E-state index in [0.717, 1.165) is 22.7 Å². The molecule has 2 nitrogen and oxygen atoms in total. The van der Waals surface area contributed by atoms with Crippen LogP contribution in [0.4, 0.5) is 17.1 Å². The van der Waals surface area contributed by atoms with E-state index < -0.39 is 0 Å². The quantitative estimate of drug-likeness (QED) is 0.162. The molecule has 0 aliphatic heterocycles. The summed E-state index contributed by atoms with van der Waals surface area (Å²) < 4.78 is 2.39. The number of aromatic nitrogens is 1. The van der Waals surface area contributed by atoms with Crippen molar-refractivity contribution in [1.29, 1.82) is 0 Å². The Hall–Kier alpha value is -7.16. The second-order valence-corrected chi connectivity index (χ2v) is 13.8. The van der Waals surface area contributed by atoms with E-state index in [-0.39, 0.29) is 0 Å². The molecule has 0 radical (unpaired) electrons. The van der Waals surface area contributed by atoms with Crippen LogP contribution >= 0.6 is 0 Å². The van der Waals surface area contributed by atoms with Crippen molar-refractivity contribution in [2.24, 2.45) is 0 Å². The van der Waals surface area contributed by atoms with Crippen LogP contribution in [0, 0.1) is 0 Å². The van der Waals surface area contributed by atoms with Crippen molar-refractivity contribution in [1.82, 2.24) is 4.57 Å². The van der Waals surface area contributed by atoms with Crippen LogP contribution in [0.3, 0.4) is 0 Å². The molecule has 0 atom stereocenters. The van der Waals surface area contributed by atoms with Crippen molar-refractivity contribution in [2.45, 2.75) is 0 Å². The zero-order valence-electron chi connectivity index (χ0n) is 29.7. The Balaban J connectivity index is 1.15. The fourth-order valence-corrected chi connectivity index (χ4v) is 8.02. The monoisotopic (exact) mass is 688 g/mol. The molecule has 0 aliphatic carbocycles. The zero-order valence-corrected chi connectivity index (χ0v) is 29.7. The van der Waals surface area contributed by atoms with Crippen molar-refractivity contribution >= 4 is 49.6 Å². The predicted octanol–water partition coefficient (Wildman–Crippen LogP) is 14.4. The molecule has 0 bridgehead atoms. The first-order valence-corrected chi connectivity index (χ1v) is 18.5. The molecule has 9 aromatic carbocycles. The number of benzene rings is 9. The molecule has 0 saturated heterocycles. The number of hydrogen-bond acceptors (Lipinski definition) is 1. The lowest BCUT2D eigenvalue weighted by atomic mass is 9.98. The Morgan fingerprint density at radius 2 is 0.852 bits per heavy atom. The van der Waals surface area contributed by atoms with Crippen LogP contribution in [0.15, 0.2) is 218 Å². The first kappa shape index (κ1) is 31.6. The Labute approximate surface area is 315 Å². The second-order valence-electron chi connectivity index (χ2n) is 13.8. The second kappa shape index (κ2) is 13.4. The minimum absolute atomic E-state index is 1.10. The van der Waals surface area contributed by atoms with Gasteiger partial charge in [0.1, 0.15) is 0 Å². The van der Waals surface area contributed by atoms with E-state index in [0.29, 0.717) is 0 Å². The number of para-hydroxylation sites is 3. The lowest BCUT2D eigenvalue weighted by Gasteiger charge is -2.28. The maximum atomic E-state index is 2.42. The Kier molecular flexibility index (Phi) is 7.85. The molecule has 10 rings (SSSR count). The molecule has 0 aliphatic rings. The van der Waals surface area contributed by atoms with Crippen LogP contribution < -0.4 is 4.90 Å². The number of anilines is 3. The summed E-state index contributed by atoms with van der Waals surface area (Å²) >= 11 is 0. The topological polar surface area (TPSA) is 8.17 Å². The molecule has 0 unspecified atom stereocenters. The largest absolute Gasteiger partial charge is 0.310 e. The van der Waals surface area contributed by atoms with Crippen molar-refractivity contribution in [3.8, 4) is 39.1 Å². The summed E-state index contributed by atoms with van der Waals surface area (Å²) in [5.41, 5.74) is 14.1. The number of fused-ring (bicyclic) bond motifs is 5. The number of rotatable bonds is 7. The third-order valence-electron chi connectivity index (χ3n) is 10.6. The van der Waals surface area contributed by atoms with E-state index in [9.17, 15) is 0 Å². The summed E-state index contributed by atoms with van der Waals surface area (Å²) in [4.78, 5) is 2.42. The highest BCUT2D eigenvalue weighted by molar-refractivity contribution is 6.22. The highest BCUT2D eigenvalue weighted by Gasteiger charge is 2.20. The van der Waals surface area contributed by atoms with Gasteiger partial charge in [0.15, 0.2) is 0 Å². The molecule has 0 amide bonds. The highest BCUT2D eigenvalue weighted by atomic mass is 15.1. The summed E-state index contributed by atoms with van der Waals surface area (Å²) in [5.74, 6) is 0. The first-order chi connectivity index (χ1) is 26.8. The molecule has 1 aromatic heterocycles. The lowest BCUT2D eigenvalue weighted by molar-refractivity contribution is 1.18. The van der Waals surface area contributed by atoms with Gasteiger partial charge < -0.3 is 9.47 Å². The van der Waals surface area contributed by atoms with Gasteiger partial charge in [-0.25, -0.2) is 0 Å². The number of hydrogen-bond donors (Lipinski definition) is 0. The molecule has 10 aromatic rings. The average molecular weight is 689 g/mol. The molecular weight excluding hydrogens is 653 g/mol. The van der Waals surface area contributed by atoms with Gasteiger partial charge in [0, 0.05) is 33.4 Å². The van der Waals surface area contributed by atoms with E-state index >= 15 is 0 Å². The van der Waals surface area contributed by atoms with Crippen molar-refractivity contribution in [3.63, 3.8) is 0 Å². The van der Waals surface area contributed by atoms with Gasteiger partial charge in [0.05, 0.1) is 16.7 Å². The van der Waals surface area contributed by atoms with Crippen LogP contribution in [-0.2, 0) is 0 Å². The SMILES string of the molecule is c1ccc(-c2ccc(-c3ccc(N(c4ccc5ccc6c(c5c4)c4ccccc4n6-c4ccccc4)c4ccccc4-c4ccccc4)cc3)cc2)cc1. The third kappa shape index (κ3) is 5.53. The summed E-state index contributed by atoms with van der Waals surface area (Å²) in [7, 11) is 0. The highest BCUT2D eigenvalue weighted by Crippen LogP contribution is 2.44. The van der Waals surface area contributed by atoms with Crippen molar-refractivity contribution in [2.75, 3.05) is 4.90 Å². The molecule has 0 spiro atoms. The van der Waals surface area contributed by atoms with Crippen LogP contribution in [0.2, 0.25) is 0 Å². The Bertz CT molecular complexity index is 2890. The van der Waals surface area contributed by atoms with Gasteiger partial charge in [-0.3, -0.25) is 0 Å². The van der Waals surface area contributed by atoms with Gasteiger partial charge >= 0.3 is 0 Å². The minimum atomic E-state index is 1.10. The normalized spacial score (nSPS) is 11.3. The van der Waals surface area contributed by atoms with E-state index in [2.05, 4.69) is 228 Å². The molecule has 0 saturated carbocycles. The fraction of sp³-hybridized carbons (Fsp3) is 0. The van der Waals surface area contributed by atoms with Gasteiger partial charge in [0.25, 0.3) is 0 Å². The molecular formula is C52H36N2. The maximum Gasteiger partial charge on any atom is 0.0547 e. The molecule has 0 N–H and O–H groups in total. The van der Waals surface area contributed by atoms with Crippen molar-refractivity contribution < 1.29 is 0 Å². The maximum absolute atomic E-state index is 2.42. The lowest BCUT2D eigenvalue weighted by Crippen LogP contribution is -2.11. The number of nitrogens with zero attached hydrogens (tertiary/aromatic N) is 2. The van der Waals surface area contributed by atoms with Gasteiger partial charge in [0.2, 0.25) is 0 Å². The third-order valence-corrected chi connectivity index (χ3v) is 10.6. The molecule has 2 heteroatoms. The molecule has 0 fully saturated rings. The first-order valence-electron chi connectivity index (χ1n) is 18.5. The van der Waals surface area contributed by atoms with Gasteiger partial charge in [-0.15, -0.1) is 0 Å². The van der Waals surface area contributed by atoms with E-state index in [4.69, 9.17) is 0 Å². The van der Waals surface area contributed by atoms with E-state index in [1.54, 1.807) is 0 Å². The van der Waals surface area contributed by atoms with Gasteiger partial charge in [-0.1, -0.05) is 164 Å². The summed E-state index contributed by atoms with van der Waals surface area (Å²) in [6.45, 7) is 0. The van der Waals surface area contributed by atoms with Crippen molar-refractivity contribution in [3.05, 3.63) is 218 Å². The Morgan fingerprint density at radius 3 is 1.56 bits per heavy atom. The summed E-state index contributed by atoms with van der Waals surface area (Å²) in [6.07, 6.45) is 0. The van der Waals surface area contributed by atoms with E-state index in [1.807, 2.05) is 0 Å². The average Bonchev–Trinajstić information content (AvgIpc) is 3.60. The molecule has 54 heavy (non-hydrogen) atoms. The van der Waals surface area contributed by atoms with Crippen LogP contribution in [-0.4, -0.2) is 4.57 Å². The van der Waals surface area contributed by atoms with E-state index in [1.165, 1.54) is 66.0 Å². The van der Waals surface area contributed by atoms with Gasteiger partial charge in [-0.2, -0.15) is 0 Å². The molecule has 1 heterocycles. The molecule has 254 valence electrons. The van der Waals surface area contributed by atoms with Crippen LogP contribution in [0.5, 0.6) is 0 Å². The van der Waals surface area contributed by atoms with Gasteiger partial charge in [-0.05, 0) is 93.2 Å². The Morgan fingerprint density at radius 1 is 0.333 bits per heavy atom. The minimum Gasteiger partial charge on any atom is -0.310 e.